The maximum atomic E-state index is 10.7. The maximum Gasteiger partial charge on any atom is 0.162 e. The molecule has 0 aliphatic rings. The fourth-order valence-corrected chi connectivity index (χ4v) is 7.95. The third-order valence-electron chi connectivity index (χ3n) is 12.7. The molecule has 0 heterocycles. The number of methoxy groups -OCH3 is 2. The Kier molecular flexibility index (Phi) is 29.8. The summed E-state index contributed by atoms with van der Waals surface area (Å²) >= 11 is 0. The standard InChI is InChI=1S/2C15H14O3.2C14H12O2.C13H10O.C7H6O/c1-17-15-9-13(10-16)7-8-14(15)18-11-12-5-3-2-4-6-12;1-17-14-8-7-13(10-16)9-15(14)18-11-12-5-3-2-4-6-12;15-10-13-7-4-8-14(9-13)16-11-12-5-2-1-3-6-12;15-10-12-6-8-14(9-7-12)16-11-13-4-2-1-3-5-13;14-10-11-6-8-13(9-7-11)12-4-2-1-3-5-12;8-6-7-4-2-1-3-5-7/h2*2-10H,11H2,1H3;2*1-10H,11H2;1-10H;1-6H. The minimum absolute atomic E-state index is 0.444. The van der Waals surface area contributed by atoms with Crippen LogP contribution in [0.1, 0.15) is 84.4 Å². The highest BCUT2D eigenvalue weighted by Gasteiger charge is 2.08. The van der Waals surface area contributed by atoms with Gasteiger partial charge in [0, 0.05) is 33.4 Å². The second-order valence-electron chi connectivity index (χ2n) is 19.2. The zero-order valence-corrected chi connectivity index (χ0v) is 49.9. The molecule has 0 bridgehead atoms. The van der Waals surface area contributed by atoms with Crippen molar-refractivity contribution in [3.05, 3.63) is 347 Å². The summed E-state index contributed by atoms with van der Waals surface area (Å²) in [5, 5.41) is 0. The monoisotopic (exact) mass is 1200 g/mol. The van der Waals surface area contributed by atoms with Gasteiger partial charge in [-0.1, -0.05) is 218 Å². The first-order valence-corrected chi connectivity index (χ1v) is 28.4. The van der Waals surface area contributed by atoms with Crippen LogP contribution in [0.15, 0.2) is 291 Å². The van der Waals surface area contributed by atoms with Crippen molar-refractivity contribution in [3.63, 3.8) is 0 Å². The molecule has 0 spiro atoms. The largest absolute Gasteiger partial charge is 0.493 e. The van der Waals surface area contributed by atoms with Crippen molar-refractivity contribution < 1.29 is 57.2 Å². The first-order valence-electron chi connectivity index (χ1n) is 28.4. The molecular formula is C78H68O12. The minimum atomic E-state index is 0.444. The number of hydrogen-bond donors (Lipinski definition) is 0. The molecule has 0 unspecified atom stereocenters. The average Bonchev–Trinajstić information content (AvgIpc) is 3.76. The van der Waals surface area contributed by atoms with Crippen LogP contribution in [0, 0.1) is 0 Å². The molecule has 0 aromatic heterocycles. The highest BCUT2D eigenvalue weighted by Crippen LogP contribution is 2.30. The van der Waals surface area contributed by atoms with E-state index in [9.17, 15) is 28.8 Å². The van der Waals surface area contributed by atoms with E-state index in [1.54, 1.807) is 99.1 Å². The van der Waals surface area contributed by atoms with Crippen molar-refractivity contribution in [2.45, 2.75) is 26.4 Å². The number of carbonyl (C=O) groups is 6. The summed E-state index contributed by atoms with van der Waals surface area (Å²) in [6.07, 6.45) is 4.89. The topological polar surface area (TPSA) is 158 Å². The highest BCUT2D eigenvalue weighted by atomic mass is 16.5. The predicted octanol–water partition coefficient (Wildman–Crippen LogP) is 17.0. The van der Waals surface area contributed by atoms with Crippen LogP contribution < -0.4 is 28.4 Å². The molecule has 0 fully saturated rings. The Morgan fingerprint density at radius 1 is 0.233 bits per heavy atom. The predicted molar refractivity (Wildman–Crippen MR) is 353 cm³/mol. The Labute approximate surface area is 525 Å². The van der Waals surface area contributed by atoms with Crippen molar-refractivity contribution in [1.29, 1.82) is 0 Å². The lowest BCUT2D eigenvalue weighted by molar-refractivity contribution is 0.111. The van der Waals surface area contributed by atoms with E-state index in [0.717, 1.165) is 76.8 Å². The number of benzene rings is 11. The Morgan fingerprint density at radius 2 is 0.544 bits per heavy atom. The van der Waals surface area contributed by atoms with Crippen molar-refractivity contribution >= 4 is 37.7 Å². The van der Waals surface area contributed by atoms with Gasteiger partial charge in [-0.25, -0.2) is 0 Å². The number of aldehydes is 6. The third-order valence-corrected chi connectivity index (χ3v) is 12.7. The molecule has 90 heavy (non-hydrogen) atoms. The van der Waals surface area contributed by atoms with Gasteiger partial charge in [0.05, 0.1) is 14.2 Å². The number of ether oxygens (including phenoxy) is 6. The molecule has 0 atom stereocenters. The molecule has 12 heteroatoms. The van der Waals surface area contributed by atoms with Gasteiger partial charge in [0.2, 0.25) is 0 Å². The van der Waals surface area contributed by atoms with Gasteiger partial charge >= 0.3 is 0 Å². The Bertz CT molecular complexity index is 3830. The molecule has 0 aliphatic heterocycles. The van der Waals surface area contributed by atoms with Crippen LogP contribution in [-0.4, -0.2) is 51.9 Å². The molecule has 452 valence electrons. The molecule has 0 radical (unpaired) electrons. The van der Waals surface area contributed by atoms with Gasteiger partial charge in [-0.15, -0.1) is 0 Å². The zero-order chi connectivity index (χ0) is 63.6. The van der Waals surface area contributed by atoms with Crippen molar-refractivity contribution in [2.24, 2.45) is 0 Å². The van der Waals surface area contributed by atoms with Crippen molar-refractivity contribution in [2.75, 3.05) is 14.2 Å². The van der Waals surface area contributed by atoms with E-state index in [1.165, 1.54) is 5.56 Å². The van der Waals surface area contributed by atoms with Gasteiger partial charge in [0.25, 0.3) is 0 Å². The van der Waals surface area contributed by atoms with Gasteiger partial charge in [-0.3, -0.25) is 28.8 Å². The van der Waals surface area contributed by atoms with E-state index < -0.39 is 0 Å². The van der Waals surface area contributed by atoms with E-state index in [1.807, 2.05) is 194 Å². The van der Waals surface area contributed by atoms with Crippen molar-refractivity contribution in [3.8, 4) is 45.6 Å². The lowest BCUT2D eigenvalue weighted by atomic mass is 10.0. The molecule has 0 aliphatic carbocycles. The van der Waals surface area contributed by atoms with Gasteiger partial charge < -0.3 is 28.4 Å². The van der Waals surface area contributed by atoms with E-state index in [2.05, 4.69) is 12.1 Å². The summed E-state index contributed by atoms with van der Waals surface area (Å²) in [6, 6.07) is 90.8. The molecule has 0 saturated carbocycles. The molecule has 0 saturated heterocycles. The number of hydrogen-bond acceptors (Lipinski definition) is 12. The van der Waals surface area contributed by atoms with E-state index in [-0.39, 0.29) is 0 Å². The normalized spacial score (nSPS) is 9.67. The maximum absolute atomic E-state index is 10.7. The van der Waals surface area contributed by atoms with E-state index in [4.69, 9.17) is 28.4 Å². The van der Waals surface area contributed by atoms with Crippen LogP contribution in [0.3, 0.4) is 0 Å². The highest BCUT2D eigenvalue weighted by molar-refractivity contribution is 5.79. The summed E-state index contributed by atoms with van der Waals surface area (Å²) < 4.78 is 32.9. The molecule has 11 aromatic rings. The molecule has 0 N–H and O–H groups in total. The van der Waals surface area contributed by atoms with Gasteiger partial charge in [-0.05, 0) is 106 Å². The molecule has 11 rings (SSSR count). The summed E-state index contributed by atoms with van der Waals surface area (Å²) in [7, 11) is 3.13. The Morgan fingerprint density at radius 3 is 0.967 bits per heavy atom. The van der Waals surface area contributed by atoms with E-state index >= 15 is 0 Å². The Balaban J connectivity index is 0.000000174. The molecule has 0 amide bonds. The lowest BCUT2D eigenvalue weighted by Crippen LogP contribution is -1.98. The molecule has 12 nitrogen and oxygen atoms in total. The van der Waals surface area contributed by atoms with Crippen LogP contribution in [0.25, 0.3) is 11.1 Å². The summed E-state index contributed by atoms with van der Waals surface area (Å²) in [4.78, 5) is 62.9. The van der Waals surface area contributed by atoms with Gasteiger partial charge in [0.15, 0.2) is 23.0 Å². The fourth-order valence-electron chi connectivity index (χ4n) is 7.95. The molecule has 11 aromatic carbocycles. The second-order valence-corrected chi connectivity index (χ2v) is 19.2. The quantitative estimate of drug-likeness (QED) is 0.0628. The van der Waals surface area contributed by atoms with Crippen LogP contribution >= 0.6 is 0 Å². The fraction of sp³-hybridized carbons (Fsp3) is 0.0769. The van der Waals surface area contributed by atoms with Crippen LogP contribution in [0.4, 0.5) is 0 Å². The smallest absolute Gasteiger partial charge is 0.162 e. The van der Waals surface area contributed by atoms with Gasteiger partial charge in [0.1, 0.15) is 75.6 Å². The lowest BCUT2D eigenvalue weighted by Gasteiger charge is -2.11. The molecular weight excluding hydrogens is 1130 g/mol. The summed E-state index contributed by atoms with van der Waals surface area (Å²) in [6.45, 7) is 1.97. The van der Waals surface area contributed by atoms with Crippen LogP contribution in [-0.2, 0) is 26.4 Å². The second kappa shape index (κ2) is 39.8. The average molecular weight is 1200 g/mol. The van der Waals surface area contributed by atoms with Crippen LogP contribution in [0.5, 0.6) is 34.5 Å². The first-order chi connectivity index (χ1) is 44.3. The Hall–Kier alpha value is -11.8. The van der Waals surface area contributed by atoms with Gasteiger partial charge in [-0.2, -0.15) is 0 Å². The minimum Gasteiger partial charge on any atom is -0.493 e. The third kappa shape index (κ3) is 24.7. The number of rotatable bonds is 21. The number of carbonyl (C=O) groups excluding carboxylic acids is 6. The van der Waals surface area contributed by atoms with Crippen molar-refractivity contribution in [1.82, 2.24) is 0 Å². The summed E-state index contributed by atoms with van der Waals surface area (Å²) in [5.41, 5.74) is 10.6. The van der Waals surface area contributed by atoms with Crippen LogP contribution in [0.2, 0.25) is 0 Å². The zero-order valence-electron chi connectivity index (χ0n) is 49.9. The SMILES string of the molecule is COc1cc(C=O)ccc1OCc1ccccc1.COc1ccc(C=O)cc1OCc1ccccc1.O=Cc1ccc(-c2ccccc2)cc1.O=Cc1ccc(OCc2ccccc2)cc1.O=Cc1cccc(OCc2ccccc2)c1.O=Cc1ccccc1. The first kappa shape index (κ1) is 67.4. The summed E-state index contributed by atoms with van der Waals surface area (Å²) in [5.74, 6) is 3.88. The van der Waals surface area contributed by atoms with E-state index in [0.29, 0.717) is 83.0 Å².